The Labute approximate surface area is 249 Å². The molecule has 5 aromatic rings. The lowest BCUT2D eigenvalue weighted by molar-refractivity contribution is -0.129. The molecule has 2 aromatic heterocycles. The Bertz CT molecular complexity index is 1790. The van der Waals surface area contributed by atoms with Crippen LogP contribution in [0.5, 0.6) is 0 Å². The number of hydrogen-bond acceptors (Lipinski definition) is 7. The van der Waals surface area contributed by atoms with E-state index in [-0.39, 0.29) is 18.4 Å². The minimum absolute atomic E-state index is 0.119. The van der Waals surface area contributed by atoms with Crippen LogP contribution in [0, 0.1) is 11.3 Å². The summed E-state index contributed by atoms with van der Waals surface area (Å²) in [4.78, 5) is 25.3. The van der Waals surface area contributed by atoms with Crippen molar-refractivity contribution in [3.63, 3.8) is 0 Å². The van der Waals surface area contributed by atoms with Crippen LogP contribution in [0.3, 0.4) is 0 Å². The molecule has 6 rings (SSSR count). The number of anilines is 3. The molecule has 1 fully saturated rings. The van der Waals surface area contributed by atoms with Gasteiger partial charge in [0.15, 0.2) is 0 Å². The van der Waals surface area contributed by atoms with Crippen LogP contribution >= 0.6 is 11.6 Å². The Morgan fingerprint density at radius 1 is 1.05 bits per heavy atom. The number of nitrogens with one attached hydrogen (secondary N) is 1. The molecule has 10 heteroatoms. The molecule has 1 unspecified atom stereocenters. The van der Waals surface area contributed by atoms with Crippen molar-refractivity contribution in [3.05, 3.63) is 95.9 Å². The van der Waals surface area contributed by atoms with Crippen LogP contribution in [-0.2, 0) is 4.79 Å². The monoisotopic (exact) mass is 576 g/mol. The van der Waals surface area contributed by atoms with Gasteiger partial charge in [0.25, 0.3) is 0 Å². The van der Waals surface area contributed by atoms with Crippen LogP contribution in [0.25, 0.3) is 22.0 Å². The van der Waals surface area contributed by atoms with Gasteiger partial charge >= 0.3 is 0 Å². The first-order chi connectivity index (χ1) is 20.5. The number of nitrogens with zero attached hydrogens (tertiary/aromatic N) is 7. The number of aromatic nitrogens is 4. The lowest BCUT2D eigenvalue weighted by Crippen LogP contribution is -2.48. The number of benzene rings is 3. The fourth-order valence-corrected chi connectivity index (χ4v) is 5.55. The van der Waals surface area contributed by atoms with Gasteiger partial charge in [-0.2, -0.15) is 10.4 Å². The minimum Gasteiger partial charge on any atom is -0.368 e. The van der Waals surface area contributed by atoms with E-state index in [0.717, 1.165) is 65.1 Å². The van der Waals surface area contributed by atoms with Crippen molar-refractivity contribution < 1.29 is 4.79 Å². The molecule has 1 N–H and O–H groups in total. The number of amides is 1. The highest BCUT2D eigenvalue weighted by molar-refractivity contribution is 6.30. The number of fused-ring (bicyclic) bond motifs is 1. The summed E-state index contributed by atoms with van der Waals surface area (Å²) in [5.41, 5.74) is 5.50. The summed E-state index contributed by atoms with van der Waals surface area (Å²) in [5.74, 6) is 0.607. The first-order valence-electron chi connectivity index (χ1n) is 13.8. The van der Waals surface area contributed by atoms with Crippen LogP contribution in [0.1, 0.15) is 24.9 Å². The van der Waals surface area contributed by atoms with Crippen LogP contribution in [0.15, 0.2) is 85.3 Å². The SMILES string of the molecule is CC(=O)N1CCN(c2cccc(Nc3ncc4cccc(-c5cnn(C(CC#N)c6cccc(Cl)c6)c5)c4n3)c2)CC1. The third-order valence-corrected chi connectivity index (χ3v) is 7.79. The number of carbonyl (C=O) groups excluding carboxylic acids is 1. The molecule has 1 aliphatic rings. The second-order valence-corrected chi connectivity index (χ2v) is 10.7. The summed E-state index contributed by atoms with van der Waals surface area (Å²) in [6, 6.07) is 23.7. The van der Waals surface area contributed by atoms with E-state index < -0.39 is 0 Å². The predicted octanol–water partition coefficient (Wildman–Crippen LogP) is 6.06. The molecule has 0 spiro atoms. The molecule has 3 heterocycles. The predicted molar refractivity (Wildman–Crippen MR) is 165 cm³/mol. The smallest absolute Gasteiger partial charge is 0.227 e. The van der Waals surface area contributed by atoms with Gasteiger partial charge in [0.1, 0.15) is 0 Å². The largest absolute Gasteiger partial charge is 0.368 e. The van der Waals surface area contributed by atoms with Gasteiger partial charge in [0.05, 0.1) is 30.2 Å². The highest BCUT2D eigenvalue weighted by Crippen LogP contribution is 2.31. The fraction of sp³-hybridized carbons (Fsp3) is 0.219. The van der Waals surface area contributed by atoms with Gasteiger partial charge < -0.3 is 15.1 Å². The third kappa shape index (κ3) is 5.76. The van der Waals surface area contributed by atoms with Gasteiger partial charge in [-0.25, -0.2) is 9.97 Å². The van der Waals surface area contributed by atoms with E-state index in [4.69, 9.17) is 16.6 Å². The lowest BCUT2D eigenvalue weighted by atomic mass is 10.0. The molecule has 0 saturated carbocycles. The van der Waals surface area contributed by atoms with Gasteiger partial charge in [-0.15, -0.1) is 0 Å². The zero-order valence-electron chi connectivity index (χ0n) is 23.1. The summed E-state index contributed by atoms with van der Waals surface area (Å²) in [6.07, 6.45) is 5.82. The van der Waals surface area contributed by atoms with Crippen molar-refractivity contribution in [3.8, 4) is 17.2 Å². The van der Waals surface area contributed by atoms with Gasteiger partial charge in [-0.05, 0) is 35.9 Å². The van der Waals surface area contributed by atoms with Crippen LogP contribution in [0.4, 0.5) is 17.3 Å². The first-order valence-corrected chi connectivity index (χ1v) is 14.2. The molecule has 0 aliphatic carbocycles. The highest BCUT2D eigenvalue weighted by atomic mass is 35.5. The number of para-hydroxylation sites is 1. The van der Waals surface area contributed by atoms with Crippen molar-refractivity contribution in [2.24, 2.45) is 0 Å². The number of rotatable bonds is 7. The van der Waals surface area contributed by atoms with E-state index in [2.05, 4.69) is 38.5 Å². The topological polar surface area (TPSA) is 103 Å². The Balaban J connectivity index is 1.26. The molecule has 42 heavy (non-hydrogen) atoms. The standard InChI is InChI=1S/C32H29ClN8O/c1-22(42)39-13-15-40(16-14-39)28-9-4-8-27(18-28)37-32-35-19-24-6-3-10-29(31(24)38-32)25-20-36-41(21-25)30(11-12-34)23-5-2-7-26(33)17-23/h2-10,17-21,30H,11,13-16H2,1H3,(H,35,37,38). The van der Waals surface area contributed by atoms with Crippen molar-refractivity contribution in [1.82, 2.24) is 24.6 Å². The number of hydrogen-bond donors (Lipinski definition) is 1. The second-order valence-electron chi connectivity index (χ2n) is 10.2. The maximum atomic E-state index is 11.7. The fourth-order valence-electron chi connectivity index (χ4n) is 5.35. The van der Waals surface area contributed by atoms with E-state index in [9.17, 15) is 10.1 Å². The second kappa shape index (κ2) is 11.9. The van der Waals surface area contributed by atoms with E-state index in [1.165, 1.54) is 0 Å². The number of halogens is 1. The average Bonchev–Trinajstić information content (AvgIpc) is 3.49. The van der Waals surface area contributed by atoms with Crippen LogP contribution in [0.2, 0.25) is 5.02 Å². The van der Waals surface area contributed by atoms with E-state index in [0.29, 0.717) is 11.0 Å². The quantitative estimate of drug-likeness (QED) is 0.251. The number of nitriles is 1. The molecule has 1 amide bonds. The third-order valence-electron chi connectivity index (χ3n) is 7.55. The Kier molecular flexibility index (Phi) is 7.71. The Morgan fingerprint density at radius 2 is 1.86 bits per heavy atom. The molecule has 0 bridgehead atoms. The molecular formula is C32H29ClN8O. The molecule has 1 saturated heterocycles. The van der Waals surface area contributed by atoms with Gasteiger partial charge in [0.2, 0.25) is 11.9 Å². The maximum Gasteiger partial charge on any atom is 0.227 e. The average molecular weight is 577 g/mol. The summed E-state index contributed by atoms with van der Waals surface area (Å²) >= 11 is 6.23. The minimum atomic E-state index is -0.262. The summed E-state index contributed by atoms with van der Waals surface area (Å²) in [6.45, 7) is 4.64. The van der Waals surface area contributed by atoms with E-state index in [1.807, 2.05) is 76.6 Å². The van der Waals surface area contributed by atoms with Crippen LogP contribution < -0.4 is 10.2 Å². The van der Waals surface area contributed by atoms with Gasteiger partial charge in [-0.1, -0.05) is 48.0 Å². The summed E-state index contributed by atoms with van der Waals surface area (Å²) < 4.78 is 1.81. The lowest BCUT2D eigenvalue weighted by Gasteiger charge is -2.35. The molecule has 210 valence electrons. The summed E-state index contributed by atoms with van der Waals surface area (Å²) in [7, 11) is 0. The maximum absolute atomic E-state index is 11.7. The number of carbonyl (C=O) groups is 1. The van der Waals surface area contributed by atoms with E-state index in [1.54, 1.807) is 13.1 Å². The molecule has 1 atom stereocenters. The Morgan fingerprint density at radius 3 is 2.64 bits per heavy atom. The van der Waals surface area contributed by atoms with Crippen molar-refractivity contribution in [2.45, 2.75) is 19.4 Å². The van der Waals surface area contributed by atoms with Crippen molar-refractivity contribution in [1.29, 1.82) is 5.26 Å². The number of piperazine rings is 1. The van der Waals surface area contributed by atoms with Crippen molar-refractivity contribution >= 4 is 45.7 Å². The van der Waals surface area contributed by atoms with Crippen molar-refractivity contribution in [2.75, 3.05) is 36.4 Å². The first kappa shape index (κ1) is 27.2. The van der Waals surface area contributed by atoms with E-state index >= 15 is 0 Å². The van der Waals surface area contributed by atoms with Crippen LogP contribution in [-0.4, -0.2) is 56.7 Å². The molecule has 1 aliphatic heterocycles. The van der Waals surface area contributed by atoms with Gasteiger partial charge in [-0.3, -0.25) is 9.48 Å². The summed E-state index contributed by atoms with van der Waals surface area (Å²) in [5, 5.41) is 19.0. The molecule has 0 radical (unpaired) electrons. The Hall–Kier alpha value is -4.94. The molecular weight excluding hydrogens is 548 g/mol. The van der Waals surface area contributed by atoms with Gasteiger partial charge in [0, 0.05) is 78.4 Å². The zero-order valence-corrected chi connectivity index (χ0v) is 23.9. The highest BCUT2D eigenvalue weighted by Gasteiger charge is 2.20. The zero-order chi connectivity index (χ0) is 29.1. The molecule has 9 nitrogen and oxygen atoms in total. The molecule has 3 aromatic carbocycles. The normalized spacial score (nSPS) is 14.0.